The fraction of sp³-hybridized carbons (Fsp3) is 0.200. The van der Waals surface area contributed by atoms with Crippen LogP contribution in [0.5, 0.6) is 0 Å². The van der Waals surface area contributed by atoms with Crippen molar-refractivity contribution in [2.75, 3.05) is 6.54 Å². The second-order valence-electron chi connectivity index (χ2n) is 4.90. The maximum atomic E-state index is 12.4. The number of aromatic nitrogens is 1. The molecule has 6 heteroatoms. The summed E-state index contributed by atoms with van der Waals surface area (Å²) < 4.78 is 0. The summed E-state index contributed by atoms with van der Waals surface area (Å²) in [5.41, 5.74) is 2.17. The molecule has 0 saturated carbocycles. The molecule has 1 aromatic carbocycles. The highest BCUT2D eigenvalue weighted by molar-refractivity contribution is 5.94. The normalized spacial score (nSPS) is 13.6. The summed E-state index contributed by atoms with van der Waals surface area (Å²) in [6.45, 7) is 0.934. The highest BCUT2D eigenvalue weighted by Gasteiger charge is 2.24. The predicted octanol–water partition coefficient (Wildman–Crippen LogP) is 2.19. The zero-order chi connectivity index (χ0) is 14.8. The van der Waals surface area contributed by atoms with Crippen LogP contribution in [0.15, 0.2) is 42.6 Å². The maximum absolute atomic E-state index is 12.4. The standard InChI is InChI=1S/C15H13N3O3/c19-15(11-4-2-1-3-5-11)17-7-6-14-12(10-17)8-13(9-16-14)18(20)21/h1-5,8-9H,6-7,10H2. The molecule has 0 aliphatic carbocycles. The SMILES string of the molecule is O=C(c1ccccc1)N1CCc2ncc([N+](=O)[O-])cc2C1. The van der Waals surface area contributed by atoms with Crippen molar-refractivity contribution in [1.82, 2.24) is 9.88 Å². The summed E-state index contributed by atoms with van der Waals surface area (Å²) in [5.74, 6) is -0.0623. The number of nitro groups is 1. The molecule has 106 valence electrons. The van der Waals surface area contributed by atoms with E-state index in [1.807, 2.05) is 18.2 Å². The minimum atomic E-state index is -0.467. The molecule has 1 aliphatic rings. The lowest BCUT2D eigenvalue weighted by atomic mass is 10.0. The van der Waals surface area contributed by atoms with Crippen molar-refractivity contribution < 1.29 is 9.72 Å². The molecule has 2 heterocycles. The number of hydrogen-bond donors (Lipinski definition) is 0. The lowest BCUT2D eigenvalue weighted by molar-refractivity contribution is -0.385. The first-order valence-corrected chi connectivity index (χ1v) is 6.61. The van der Waals surface area contributed by atoms with Crippen LogP contribution in [0.3, 0.4) is 0 Å². The molecular weight excluding hydrogens is 270 g/mol. The monoisotopic (exact) mass is 283 g/mol. The Morgan fingerprint density at radius 3 is 2.76 bits per heavy atom. The number of benzene rings is 1. The van der Waals surface area contributed by atoms with E-state index >= 15 is 0 Å². The molecule has 1 amide bonds. The van der Waals surface area contributed by atoms with Gasteiger partial charge in [-0.1, -0.05) is 18.2 Å². The van der Waals surface area contributed by atoms with E-state index in [0.717, 1.165) is 11.3 Å². The van der Waals surface area contributed by atoms with Gasteiger partial charge in [0.25, 0.3) is 11.6 Å². The van der Waals surface area contributed by atoms with Crippen molar-refractivity contribution in [3.63, 3.8) is 0 Å². The molecule has 0 bridgehead atoms. The van der Waals surface area contributed by atoms with E-state index in [2.05, 4.69) is 4.98 Å². The van der Waals surface area contributed by atoms with Crippen LogP contribution >= 0.6 is 0 Å². The van der Waals surface area contributed by atoms with Gasteiger partial charge in [0, 0.05) is 36.8 Å². The average Bonchev–Trinajstić information content (AvgIpc) is 2.54. The third kappa shape index (κ3) is 2.60. The van der Waals surface area contributed by atoms with Crippen LogP contribution in [0.25, 0.3) is 0 Å². The predicted molar refractivity (Wildman–Crippen MR) is 75.8 cm³/mol. The minimum Gasteiger partial charge on any atom is -0.334 e. The summed E-state index contributed by atoms with van der Waals surface area (Å²) in [5, 5.41) is 10.8. The van der Waals surface area contributed by atoms with E-state index in [1.54, 1.807) is 17.0 Å². The molecule has 2 aromatic rings. The fourth-order valence-corrected chi connectivity index (χ4v) is 2.45. The van der Waals surface area contributed by atoms with Gasteiger partial charge in [-0.25, -0.2) is 0 Å². The summed E-state index contributed by atoms with van der Waals surface area (Å²) in [6, 6.07) is 10.5. The Hall–Kier alpha value is -2.76. The Labute approximate surface area is 121 Å². The van der Waals surface area contributed by atoms with Crippen LogP contribution in [0.2, 0.25) is 0 Å². The molecule has 0 spiro atoms. The summed E-state index contributed by atoms with van der Waals surface area (Å²) in [4.78, 5) is 28.6. The topological polar surface area (TPSA) is 76.3 Å². The Kier molecular flexibility index (Phi) is 3.35. The Morgan fingerprint density at radius 1 is 1.29 bits per heavy atom. The maximum Gasteiger partial charge on any atom is 0.287 e. The largest absolute Gasteiger partial charge is 0.334 e. The van der Waals surface area contributed by atoms with Crippen molar-refractivity contribution in [3.8, 4) is 0 Å². The van der Waals surface area contributed by atoms with Gasteiger partial charge < -0.3 is 4.90 Å². The summed E-state index contributed by atoms with van der Waals surface area (Å²) >= 11 is 0. The number of nitrogens with zero attached hydrogens (tertiary/aromatic N) is 3. The molecule has 0 saturated heterocycles. The molecule has 21 heavy (non-hydrogen) atoms. The van der Waals surface area contributed by atoms with Gasteiger partial charge in [0.05, 0.1) is 4.92 Å². The van der Waals surface area contributed by atoms with Crippen molar-refractivity contribution in [3.05, 3.63) is 69.5 Å². The van der Waals surface area contributed by atoms with Crippen molar-refractivity contribution in [2.45, 2.75) is 13.0 Å². The number of amides is 1. The van der Waals surface area contributed by atoms with Gasteiger partial charge in [0.2, 0.25) is 0 Å². The fourth-order valence-electron chi connectivity index (χ4n) is 2.45. The zero-order valence-corrected chi connectivity index (χ0v) is 11.2. The number of carbonyl (C=O) groups excluding carboxylic acids is 1. The van der Waals surface area contributed by atoms with Crippen LogP contribution < -0.4 is 0 Å². The summed E-state index contributed by atoms with van der Waals surface area (Å²) in [7, 11) is 0. The van der Waals surface area contributed by atoms with Crippen molar-refractivity contribution in [1.29, 1.82) is 0 Å². The molecule has 0 atom stereocenters. The van der Waals surface area contributed by atoms with Crippen LogP contribution in [0.1, 0.15) is 21.6 Å². The van der Waals surface area contributed by atoms with Gasteiger partial charge in [-0.15, -0.1) is 0 Å². The molecule has 0 unspecified atom stereocenters. The van der Waals surface area contributed by atoms with E-state index in [4.69, 9.17) is 0 Å². The third-order valence-corrected chi connectivity index (χ3v) is 3.54. The number of pyridine rings is 1. The van der Waals surface area contributed by atoms with E-state index in [-0.39, 0.29) is 11.6 Å². The number of fused-ring (bicyclic) bond motifs is 1. The Morgan fingerprint density at radius 2 is 2.05 bits per heavy atom. The van der Waals surface area contributed by atoms with E-state index in [9.17, 15) is 14.9 Å². The number of hydrogen-bond acceptors (Lipinski definition) is 4. The van der Waals surface area contributed by atoms with Crippen molar-refractivity contribution in [2.24, 2.45) is 0 Å². The van der Waals surface area contributed by atoms with Gasteiger partial charge in [0.1, 0.15) is 6.20 Å². The summed E-state index contributed by atoms with van der Waals surface area (Å²) in [6.07, 6.45) is 1.89. The van der Waals surface area contributed by atoms with Crippen LogP contribution in [-0.2, 0) is 13.0 Å². The molecule has 0 radical (unpaired) electrons. The second kappa shape index (κ2) is 5.32. The van der Waals surface area contributed by atoms with Crippen LogP contribution in [0.4, 0.5) is 5.69 Å². The van der Waals surface area contributed by atoms with Crippen LogP contribution in [-0.4, -0.2) is 27.3 Å². The first kappa shape index (κ1) is 13.2. The van der Waals surface area contributed by atoms with Gasteiger partial charge in [-0.2, -0.15) is 0 Å². The molecular formula is C15H13N3O3. The van der Waals surface area contributed by atoms with Gasteiger partial charge >= 0.3 is 0 Å². The lowest BCUT2D eigenvalue weighted by Crippen LogP contribution is -2.36. The lowest BCUT2D eigenvalue weighted by Gasteiger charge is -2.28. The highest BCUT2D eigenvalue weighted by atomic mass is 16.6. The highest BCUT2D eigenvalue weighted by Crippen LogP contribution is 2.22. The van der Waals surface area contributed by atoms with Gasteiger partial charge in [0.15, 0.2) is 0 Å². The number of rotatable bonds is 2. The molecule has 0 fully saturated rings. The quantitative estimate of drug-likeness (QED) is 0.625. The first-order valence-electron chi connectivity index (χ1n) is 6.61. The first-order chi connectivity index (χ1) is 10.1. The molecule has 1 aromatic heterocycles. The zero-order valence-electron chi connectivity index (χ0n) is 11.2. The van der Waals surface area contributed by atoms with E-state index < -0.39 is 4.92 Å². The van der Waals surface area contributed by atoms with Gasteiger partial charge in [-0.3, -0.25) is 19.9 Å². The molecule has 1 aliphatic heterocycles. The molecule has 3 rings (SSSR count). The number of carbonyl (C=O) groups is 1. The van der Waals surface area contributed by atoms with Crippen LogP contribution in [0, 0.1) is 10.1 Å². The van der Waals surface area contributed by atoms with Crippen molar-refractivity contribution >= 4 is 11.6 Å². The Balaban J connectivity index is 1.85. The Bertz CT molecular complexity index is 701. The molecule has 0 N–H and O–H groups in total. The van der Waals surface area contributed by atoms with E-state index in [1.165, 1.54) is 12.3 Å². The average molecular weight is 283 g/mol. The smallest absolute Gasteiger partial charge is 0.287 e. The second-order valence-corrected chi connectivity index (χ2v) is 4.90. The molecule has 6 nitrogen and oxygen atoms in total. The third-order valence-electron chi connectivity index (χ3n) is 3.54. The van der Waals surface area contributed by atoms with Gasteiger partial charge in [-0.05, 0) is 17.7 Å². The minimum absolute atomic E-state index is 0.0391. The van der Waals surface area contributed by atoms with E-state index in [0.29, 0.717) is 25.1 Å².